The minimum atomic E-state index is -3.96. The van der Waals surface area contributed by atoms with Crippen molar-refractivity contribution in [1.82, 2.24) is 4.72 Å². The van der Waals surface area contributed by atoms with Gasteiger partial charge >= 0.3 is 13.1 Å². The monoisotopic (exact) mass is 507 g/mol. The van der Waals surface area contributed by atoms with Crippen LogP contribution in [0.25, 0.3) is 11.0 Å². The molecule has 1 aromatic heterocycles. The van der Waals surface area contributed by atoms with E-state index in [4.69, 9.17) is 9.07 Å². The largest absolute Gasteiger partial charge is 0.474 e. The maximum atomic E-state index is 12.8. The van der Waals surface area contributed by atoms with E-state index >= 15 is 0 Å². The molecule has 3 N–H and O–H groups in total. The van der Waals surface area contributed by atoms with Crippen LogP contribution in [0.2, 0.25) is 0 Å². The summed E-state index contributed by atoms with van der Waals surface area (Å²) in [5, 5.41) is 23.2. The van der Waals surface area contributed by atoms with Gasteiger partial charge in [0.15, 0.2) is 0 Å². The fourth-order valence-electron chi connectivity index (χ4n) is 5.82. The smallest absolute Gasteiger partial charge is 0.469 e. The standard InChI is InChI=1S/C24H34BNO8S/c1-23(2)16-12-19(23)24(3,28)20(13-16)34-25(29)21(26-35(30,31)10-9-22(27)32-4)11-15-14-33-18-8-6-5-7-17(15)18/h5-8,14,16,19-21,26,28-29H,9-13H2,1-4H3/t16-,19-,20+,21-,24-/m0/s1. The molecule has 0 amide bonds. The van der Waals surface area contributed by atoms with Crippen molar-refractivity contribution in [2.75, 3.05) is 12.9 Å². The normalized spacial score (nSPS) is 28.3. The van der Waals surface area contributed by atoms with Crippen molar-refractivity contribution in [2.24, 2.45) is 17.3 Å². The quantitative estimate of drug-likeness (QED) is 0.329. The maximum absolute atomic E-state index is 12.8. The van der Waals surface area contributed by atoms with Crippen molar-refractivity contribution < 1.29 is 37.2 Å². The molecule has 0 saturated heterocycles. The first-order valence-corrected chi connectivity index (χ1v) is 13.6. The Morgan fingerprint density at radius 1 is 1.29 bits per heavy atom. The summed E-state index contributed by atoms with van der Waals surface area (Å²) in [6.07, 6.45) is 2.13. The number of ether oxygens (including phenoxy) is 1. The average molecular weight is 507 g/mol. The number of hydrogen-bond acceptors (Lipinski definition) is 8. The molecule has 0 radical (unpaired) electrons. The van der Waals surface area contributed by atoms with Crippen molar-refractivity contribution >= 4 is 34.1 Å². The number of benzene rings is 1. The number of rotatable bonds is 10. The highest BCUT2D eigenvalue weighted by atomic mass is 32.2. The Hall–Kier alpha value is -1.92. The Balaban J connectivity index is 1.54. The predicted octanol–water partition coefficient (Wildman–Crippen LogP) is 2.05. The van der Waals surface area contributed by atoms with Crippen LogP contribution in [0.3, 0.4) is 0 Å². The molecule has 9 nitrogen and oxygen atoms in total. The van der Waals surface area contributed by atoms with Crippen molar-refractivity contribution in [3.63, 3.8) is 0 Å². The van der Waals surface area contributed by atoms with Crippen LogP contribution in [0.15, 0.2) is 34.9 Å². The molecule has 35 heavy (non-hydrogen) atoms. The fourth-order valence-corrected chi connectivity index (χ4v) is 7.04. The second kappa shape index (κ2) is 9.51. The van der Waals surface area contributed by atoms with Gasteiger partial charge in [-0.25, -0.2) is 13.1 Å². The second-order valence-electron chi connectivity index (χ2n) is 10.6. The zero-order valence-electron chi connectivity index (χ0n) is 20.6. The lowest BCUT2D eigenvalue weighted by molar-refractivity contribution is -0.241. The van der Waals surface area contributed by atoms with Crippen LogP contribution in [0.5, 0.6) is 0 Å². The van der Waals surface area contributed by atoms with Crippen LogP contribution < -0.4 is 4.72 Å². The number of nitrogens with one attached hydrogen (secondary N) is 1. The second-order valence-corrected chi connectivity index (χ2v) is 12.5. The van der Waals surface area contributed by atoms with E-state index in [0.29, 0.717) is 23.5 Å². The Kier molecular flexibility index (Phi) is 7.11. The molecule has 3 saturated carbocycles. The Labute approximate surface area is 206 Å². The number of aliphatic hydroxyl groups is 1. The third kappa shape index (κ3) is 5.15. The predicted molar refractivity (Wildman–Crippen MR) is 131 cm³/mol. The van der Waals surface area contributed by atoms with Gasteiger partial charge in [-0.2, -0.15) is 0 Å². The van der Waals surface area contributed by atoms with Gasteiger partial charge in [0.1, 0.15) is 5.58 Å². The van der Waals surface area contributed by atoms with E-state index in [1.165, 1.54) is 13.4 Å². The lowest BCUT2D eigenvalue weighted by Crippen LogP contribution is -2.68. The van der Waals surface area contributed by atoms with Gasteiger partial charge in [-0.15, -0.1) is 0 Å². The molecular formula is C24H34BNO8S. The molecule has 0 aliphatic heterocycles. The van der Waals surface area contributed by atoms with Crippen LogP contribution in [0.1, 0.15) is 45.6 Å². The van der Waals surface area contributed by atoms with E-state index < -0.39 is 46.5 Å². The summed E-state index contributed by atoms with van der Waals surface area (Å²) in [7, 11) is -4.31. The molecular weight excluding hydrogens is 473 g/mol. The van der Waals surface area contributed by atoms with Crippen LogP contribution >= 0.6 is 0 Å². The molecule has 0 spiro atoms. The van der Waals surface area contributed by atoms with Crippen molar-refractivity contribution in [3.8, 4) is 0 Å². The number of fused-ring (bicyclic) bond motifs is 3. The molecule has 11 heteroatoms. The van der Waals surface area contributed by atoms with Crippen molar-refractivity contribution in [2.45, 2.75) is 64.1 Å². The lowest BCUT2D eigenvalue weighted by atomic mass is 9.43. The Morgan fingerprint density at radius 3 is 2.66 bits per heavy atom. The first-order chi connectivity index (χ1) is 16.3. The highest BCUT2D eigenvalue weighted by molar-refractivity contribution is 7.89. The zero-order chi connectivity index (χ0) is 25.6. The van der Waals surface area contributed by atoms with Crippen LogP contribution in [0, 0.1) is 17.3 Å². The maximum Gasteiger partial charge on any atom is 0.474 e. The van der Waals surface area contributed by atoms with E-state index in [0.717, 1.165) is 11.8 Å². The van der Waals surface area contributed by atoms with Crippen LogP contribution in [-0.4, -0.2) is 62.1 Å². The highest BCUT2D eigenvalue weighted by Gasteiger charge is 2.63. The molecule has 3 fully saturated rings. The summed E-state index contributed by atoms with van der Waals surface area (Å²) in [6.45, 7) is 6.00. The molecule has 1 heterocycles. The first kappa shape index (κ1) is 26.2. The van der Waals surface area contributed by atoms with E-state index in [1.807, 2.05) is 18.2 Å². The van der Waals surface area contributed by atoms with Gasteiger partial charge in [0.05, 0.1) is 43.2 Å². The number of furan rings is 1. The molecule has 2 aromatic rings. The average Bonchev–Trinajstić information content (AvgIpc) is 3.20. The number of carbonyl (C=O) groups excluding carboxylic acids is 1. The van der Waals surface area contributed by atoms with Gasteiger partial charge in [0, 0.05) is 5.39 Å². The molecule has 2 bridgehead atoms. The van der Waals surface area contributed by atoms with E-state index in [9.17, 15) is 23.3 Å². The molecule has 192 valence electrons. The Morgan fingerprint density at radius 2 is 2.00 bits per heavy atom. The Bertz CT molecular complexity index is 1180. The van der Waals surface area contributed by atoms with Crippen LogP contribution in [-0.2, 0) is 30.6 Å². The van der Waals surface area contributed by atoms with E-state index in [1.54, 1.807) is 13.0 Å². The SMILES string of the molecule is COC(=O)CCS(=O)(=O)N[C@@H](Cc1coc2ccccc12)B(O)O[C@@H]1C[C@@H]2C[C@@H](C2(C)C)[C@]1(C)O. The van der Waals surface area contributed by atoms with Crippen molar-refractivity contribution in [1.29, 1.82) is 0 Å². The fraction of sp³-hybridized carbons (Fsp3) is 0.625. The van der Waals surface area contributed by atoms with E-state index in [-0.39, 0.29) is 24.2 Å². The summed E-state index contributed by atoms with van der Waals surface area (Å²) in [5.74, 6) is -1.82. The molecule has 5 rings (SSSR count). The molecule has 3 aliphatic carbocycles. The first-order valence-electron chi connectivity index (χ1n) is 11.9. The topological polar surface area (TPSA) is 135 Å². The van der Waals surface area contributed by atoms with Gasteiger partial charge in [0.2, 0.25) is 10.0 Å². The summed E-state index contributed by atoms with van der Waals surface area (Å²) in [4.78, 5) is 11.5. The zero-order valence-corrected chi connectivity index (χ0v) is 21.4. The third-order valence-electron chi connectivity index (χ3n) is 8.11. The highest BCUT2D eigenvalue weighted by Crippen LogP contribution is 2.63. The van der Waals surface area contributed by atoms with Crippen molar-refractivity contribution in [3.05, 3.63) is 36.1 Å². The molecule has 0 unspecified atom stereocenters. The molecule has 3 aliphatic rings. The number of sulfonamides is 1. The number of para-hydroxylation sites is 1. The molecule has 1 aromatic carbocycles. The van der Waals surface area contributed by atoms with Gasteiger partial charge < -0.3 is 23.9 Å². The van der Waals surface area contributed by atoms with Crippen LogP contribution in [0.4, 0.5) is 0 Å². The van der Waals surface area contributed by atoms with Gasteiger partial charge in [0.25, 0.3) is 0 Å². The van der Waals surface area contributed by atoms with Gasteiger partial charge in [-0.1, -0.05) is 32.0 Å². The number of hydrogen-bond donors (Lipinski definition) is 3. The van der Waals surface area contributed by atoms with Gasteiger partial charge in [-0.3, -0.25) is 4.79 Å². The number of methoxy groups -OCH3 is 1. The van der Waals surface area contributed by atoms with Gasteiger partial charge in [-0.05, 0) is 55.1 Å². The lowest BCUT2D eigenvalue weighted by Gasteiger charge is -2.65. The number of esters is 1. The summed E-state index contributed by atoms with van der Waals surface area (Å²) in [6, 6.07) is 7.33. The minimum absolute atomic E-state index is 0.0150. The van der Waals surface area contributed by atoms with E-state index in [2.05, 4.69) is 23.3 Å². The summed E-state index contributed by atoms with van der Waals surface area (Å²) in [5.41, 5.74) is 0.167. The number of carbonyl (C=O) groups is 1. The minimum Gasteiger partial charge on any atom is -0.469 e. The summed E-state index contributed by atoms with van der Waals surface area (Å²) < 4.78 is 44.1. The summed E-state index contributed by atoms with van der Waals surface area (Å²) >= 11 is 0. The third-order valence-corrected chi connectivity index (χ3v) is 9.51. The molecule has 5 atom stereocenters.